The quantitative estimate of drug-likeness (QED) is 0.862. The average molecular weight is 330 g/mol. The van der Waals surface area contributed by atoms with Gasteiger partial charge in [-0.05, 0) is 62.6 Å². The second-order valence-electron chi connectivity index (χ2n) is 7.50. The van der Waals surface area contributed by atoms with E-state index < -0.39 is 0 Å². The zero-order valence-electron chi connectivity index (χ0n) is 15.3. The van der Waals surface area contributed by atoms with Crippen LogP contribution in [0.25, 0.3) is 0 Å². The summed E-state index contributed by atoms with van der Waals surface area (Å²) in [6.07, 6.45) is 3.18. The summed E-state index contributed by atoms with van der Waals surface area (Å²) >= 11 is 0. The summed E-state index contributed by atoms with van der Waals surface area (Å²) in [6.45, 7) is 8.94. The molecule has 0 aromatic heterocycles. The molecule has 1 aliphatic carbocycles. The van der Waals surface area contributed by atoms with E-state index in [-0.39, 0.29) is 23.7 Å². The summed E-state index contributed by atoms with van der Waals surface area (Å²) < 4.78 is 0. The Morgan fingerprint density at radius 3 is 2.21 bits per heavy atom. The lowest BCUT2D eigenvalue weighted by Crippen LogP contribution is -2.37. The van der Waals surface area contributed by atoms with E-state index >= 15 is 0 Å². The molecule has 0 spiro atoms. The molecule has 1 aliphatic rings. The van der Waals surface area contributed by atoms with Crippen LogP contribution in [-0.2, 0) is 9.59 Å². The molecule has 2 N–H and O–H groups in total. The van der Waals surface area contributed by atoms with Crippen molar-refractivity contribution in [2.24, 2.45) is 17.8 Å². The first-order valence-corrected chi connectivity index (χ1v) is 9.02. The summed E-state index contributed by atoms with van der Waals surface area (Å²) in [5.41, 5.74) is 3.12. The van der Waals surface area contributed by atoms with Gasteiger partial charge >= 0.3 is 0 Å². The van der Waals surface area contributed by atoms with E-state index in [0.717, 1.165) is 49.0 Å². The lowest BCUT2D eigenvalue weighted by molar-refractivity contribution is -0.128. The Bertz CT molecular complexity index is 587. The molecule has 2 rings (SSSR count). The molecule has 1 saturated carbocycles. The van der Waals surface area contributed by atoms with Gasteiger partial charge in [-0.2, -0.15) is 0 Å². The maximum Gasteiger partial charge on any atom is 0.227 e. The molecule has 0 atom stereocenters. The highest BCUT2D eigenvalue weighted by Crippen LogP contribution is 2.30. The van der Waals surface area contributed by atoms with Gasteiger partial charge in [0.2, 0.25) is 11.8 Å². The molecule has 4 nitrogen and oxygen atoms in total. The molecule has 0 unspecified atom stereocenters. The Labute approximate surface area is 145 Å². The third kappa shape index (κ3) is 5.08. The van der Waals surface area contributed by atoms with Crippen molar-refractivity contribution in [3.63, 3.8) is 0 Å². The molecular weight excluding hydrogens is 300 g/mol. The number of anilines is 1. The maximum absolute atomic E-state index is 12.5. The molecule has 4 heteroatoms. The molecule has 24 heavy (non-hydrogen) atoms. The first-order valence-electron chi connectivity index (χ1n) is 9.02. The van der Waals surface area contributed by atoms with Crippen molar-refractivity contribution < 1.29 is 9.59 Å². The Morgan fingerprint density at radius 1 is 1.04 bits per heavy atom. The van der Waals surface area contributed by atoms with Crippen molar-refractivity contribution in [3.05, 3.63) is 29.3 Å². The number of rotatable bonds is 5. The summed E-state index contributed by atoms with van der Waals surface area (Å²) in [4.78, 5) is 24.7. The van der Waals surface area contributed by atoms with Crippen LogP contribution in [0, 0.1) is 31.6 Å². The van der Waals surface area contributed by atoms with Gasteiger partial charge in [0.25, 0.3) is 0 Å². The van der Waals surface area contributed by atoms with Gasteiger partial charge in [-0.15, -0.1) is 0 Å². The summed E-state index contributed by atoms with van der Waals surface area (Å²) in [5, 5.41) is 6.08. The summed E-state index contributed by atoms with van der Waals surface area (Å²) in [5.74, 6) is 0.781. The van der Waals surface area contributed by atoms with E-state index in [4.69, 9.17) is 0 Å². The topological polar surface area (TPSA) is 58.2 Å². The number of benzene rings is 1. The summed E-state index contributed by atoms with van der Waals surface area (Å²) in [7, 11) is 0. The predicted octanol–water partition coefficient (Wildman–Crippen LogP) is 3.82. The van der Waals surface area contributed by atoms with Crippen LogP contribution in [0.15, 0.2) is 18.2 Å². The molecule has 2 amide bonds. The van der Waals surface area contributed by atoms with E-state index in [1.54, 1.807) is 0 Å². The van der Waals surface area contributed by atoms with Crippen molar-refractivity contribution in [3.8, 4) is 0 Å². The van der Waals surface area contributed by atoms with Crippen LogP contribution in [-0.4, -0.2) is 18.4 Å². The van der Waals surface area contributed by atoms with Crippen LogP contribution >= 0.6 is 0 Å². The Balaban J connectivity index is 1.84. The van der Waals surface area contributed by atoms with Gasteiger partial charge in [0, 0.05) is 24.1 Å². The standard InChI is InChI=1S/C20H30N2O2/c1-13(2)12-21-19(23)16-7-9-17(10-8-16)20(24)22-18-11-14(3)5-6-15(18)4/h5-6,11,13,16-17H,7-10,12H2,1-4H3,(H,21,23)(H,22,24). The minimum absolute atomic E-state index is 0.0130. The zero-order valence-corrected chi connectivity index (χ0v) is 15.3. The minimum Gasteiger partial charge on any atom is -0.356 e. The number of aryl methyl sites for hydroxylation is 2. The van der Waals surface area contributed by atoms with E-state index in [1.165, 1.54) is 0 Å². The van der Waals surface area contributed by atoms with Crippen LogP contribution in [0.3, 0.4) is 0 Å². The van der Waals surface area contributed by atoms with Crippen LogP contribution < -0.4 is 10.6 Å². The molecule has 1 fully saturated rings. The van der Waals surface area contributed by atoms with Crippen molar-refractivity contribution in [2.75, 3.05) is 11.9 Å². The second kappa shape index (κ2) is 8.32. The minimum atomic E-state index is 0.0130. The first-order chi connectivity index (χ1) is 11.4. The molecule has 0 saturated heterocycles. The number of hydrogen-bond acceptors (Lipinski definition) is 2. The normalized spacial score (nSPS) is 20.7. The van der Waals surface area contributed by atoms with Crippen LogP contribution in [0.1, 0.15) is 50.7 Å². The highest BCUT2D eigenvalue weighted by Gasteiger charge is 2.30. The van der Waals surface area contributed by atoms with Gasteiger partial charge in [0.15, 0.2) is 0 Å². The zero-order chi connectivity index (χ0) is 17.7. The van der Waals surface area contributed by atoms with E-state index in [1.807, 2.05) is 32.0 Å². The molecule has 0 aliphatic heterocycles. The lowest BCUT2D eigenvalue weighted by atomic mass is 9.81. The van der Waals surface area contributed by atoms with E-state index in [2.05, 4.69) is 24.5 Å². The van der Waals surface area contributed by atoms with Crippen molar-refractivity contribution in [1.29, 1.82) is 0 Å². The van der Waals surface area contributed by atoms with Gasteiger partial charge in [-0.1, -0.05) is 26.0 Å². The van der Waals surface area contributed by atoms with Crippen LogP contribution in [0.5, 0.6) is 0 Å². The van der Waals surface area contributed by atoms with E-state index in [0.29, 0.717) is 5.92 Å². The predicted molar refractivity (Wildman–Crippen MR) is 97.8 cm³/mol. The third-order valence-electron chi connectivity index (χ3n) is 4.80. The van der Waals surface area contributed by atoms with Crippen molar-refractivity contribution in [1.82, 2.24) is 5.32 Å². The number of carbonyl (C=O) groups excluding carboxylic acids is 2. The van der Waals surface area contributed by atoms with Crippen molar-refractivity contribution >= 4 is 17.5 Å². The molecular formula is C20H30N2O2. The highest BCUT2D eigenvalue weighted by molar-refractivity contribution is 5.93. The molecule has 0 radical (unpaired) electrons. The molecule has 0 bridgehead atoms. The number of hydrogen-bond donors (Lipinski definition) is 2. The fraction of sp³-hybridized carbons (Fsp3) is 0.600. The fourth-order valence-corrected chi connectivity index (χ4v) is 3.17. The number of amides is 2. The number of carbonyl (C=O) groups is 2. The molecule has 132 valence electrons. The fourth-order valence-electron chi connectivity index (χ4n) is 3.17. The molecule has 1 aromatic rings. The Kier molecular flexibility index (Phi) is 6.41. The lowest BCUT2D eigenvalue weighted by Gasteiger charge is -2.27. The molecule has 0 heterocycles. The maximum atomic E-state index is 12.5. The average Bonchev–Trinajstić information content (AvgIpc) is 2.56. The van der Waals surface area contributed by atoms with Crippen LogP contribution in [0.2, 0.25) is 0 Å². The number of nitrogens with one attached hydrogen (secondary N) is 2. The van der Waals surface area contributed by atoms with Crippen molar-refractivity contribution in [2.45, 2.75) is 53.4 Å². The monoisotopic (exact) mass is 330 g/mol. The van der Waals surface area contributed by atoms with Gasteiger partial charge in [0.1, 0.15) is 0 Å². The van der Waals surface area contributed by atoms with Gasteiger partial charge in [-0.25, -0.2) is 0 Å². The highest BCUT2D eigenvalue weighted by atomic mass is 16.2. The first kappa shape index (κ1) is 18.5. The summed E-state index contributed by atoms with van der Waals surface area (Å²) in [6, 6.07) is 6.09. The molecule has 1 aromatic carbocycles. The van der Waals surface area contributed by atoms with Gasteiger partial charge in [0.05, 0.1) is 0 Å². The Hall–Kier alpha value is -1.84. The third-order valence-corrected chi connectivity index (χ3v) is 4.80. The largest absolute Gasteiger partial charge is 0.356 e. The Morgan fingerprint density at radius 2 is 1.62 bits per heavy atom. The van der Waals surface area contributed by atoms with E-state index in [9.17, 15) is 9.59 Å². The van der Waals surface area contributed by atoms with Gasteiger partial charge < -0.3 is 10.6 Å². The SMILES string of the molecule is Cc1ccc(C)c(NC(=O)C2CCC(C(=O)NCC(C)C)CC2)c1. The second-order valence-corrected chi connectivity index (χ2v) is 7.50. The smallest absolute Gasteiger partial charge is 0.227 e. The van der Waals surface area contributed by atoms with Gasteiger partial charge in [-0.3, -0.25) is 9.59 Å². The van der Waals surface area contributed by atoms with Crippen LogP contribution in [0.4, 0.5) is 5.69 Å².